The van der Waals surface area contributed by atoms with E-state index >= 15 is 0 Å². The fourth-order valence-electron chi connectivity index (χ4n) is 3.81. The number of nitrogens with zero attached hydrogens (tertiary/aromatic N) is 2. The second-order valence-corrected chi connectivity index (χ2v) is 7.29. The number of benzene rings is 2. The number of nitrogens with two attached hydrogens (primary N) is 2. The molecule has 7 nitrogen and oxygen atoms in total. The van der Waals surface area contributed by atoms with Gasteiger partial charge in [0.2, 0.25) is 5.84 Å². The summed E-state index contributed by atoms with van der Waals surface area (Å²) in [6.07, 6.45) is -2.79. The monoisotopic (exact) mass is 436 g/mol. The first kappa shape index (κ1) is 22.9. The predicted octanol–water partition coefficient (Wildman–Crippen LogP) is 2.79. The number of nitrogens with one attached hydrogen (secondary N) is 2. The van der Waals surface area contributed by atoms with Crippen molar-refractivity contribution in [3.8, 4) is 5.75 Å². The Morgan fingerprint density at radius 1 is 1.26 bits per heavy atom. The Morgan fingerprint density at radius 2 is 2.00 bits per heavy atom. The van der Waals surface area contributed by atoms with Crippen LogP contribution < -0.4 is 32.1 Å². The summed E-state index contributed by atoms with van der Waals surface area (Å²) in [6, 6.07) is 15.0. The highest BCUT2D eigenvalue weighted by Gasteiger charge is 2.40. The average molecular weight is 436 g/mol. The van der Waals surface area contributed by atoms with Crippen LogP contribution in [0, 0.1) is 0 Å². The molecule has 0 saturated carbocycles. The van der Waals surface area contributed by atoms with Crippen molar-refractivity contribution in [2.45, 2.75) is 37.6 Å². The van der Waals surface area contributed by atoms with Gasteiger partial charge in [0.05, 0.1) is 12.8 Å². The molecular weight excluding hydrogens is 409 g/mol. The molecule has 1 aliphatic heterocycles. The van der Waals surface area contributed by atoms with Gasteiger partial charge in [-0.25, -0.2) is 5.84 Å². The molecule has 1 heterocycles. The second kappa shape index (κ2) is 9.99. The van der Waals surface area contributed by atoms with Gasteiger partial charge in [0.15, 0.2) is 0 Å². The van der Waals surface area contributed by atoms with Crippen LogP contribution in [0.1, 0.15) is 30.0 Å². The third-order valence-electron chi connectivity index (χ3n) is 5.32. The molecule has 0 spiro atoms. The average Bonchev–Trinajstić information content (AvgIpc) is 2.77. The first-order valence-electron chi connectivity index (χ1n) is 9.93. The van der Waals surface area contributed by atoms with Gasteiger partial charge >= 0.3 is 6.18 Å². The summed E-state index contributed by atoms with van der Waals surface area (Å²) in [6.45, 7) is 1.32. The molecule has 0 aromatic heterocycles. The molecule has 2 aromatic rings. The van der Waals surface area contributed by atoms with Gasteiger partial charge in [-0.15, -0.1) is 0 Å². The smallest absolute Gasteiger partial charge is 0.452 e. The maximum absolute atomic E-state index is 13.1. The molecule has 1 saturated heterocycles. The highest BCUT2D eigenvalue weighted by Crippen LogP contribution is 2.29. The van der Waals surface area contributed by atoms with E-state index in [0.717, 1.165) is 19.4 Å². The zero-order chi connectivity index (χ0) is 22.4. The molecule has 2 aromatic carbocycles. The SMILES string of the molecule is COc1ccc(N(N)/C(=N\N)C(F)(F)F)cc1CN[C@H]1CCCN[C@H]1c1ccccc1. The van der Waals surface area contributed by atoms with E-state index in [1.165, 1.54) is 24.8 Å². The molecule has 3 rings (SSSR count). The maximum Gasteiger partial charge on any atom is 0.452 e. The summed E-state index contributed by atoms with van der Waals surface area (Å²) in [5.41, 5.74) is 1.95. The molecule has 0 unspecified atom stereocenters. The number of methoxy groups -OCH3 is 1. The fraction of sp³-hybridized carbons (Fsp3) is 0.381. The number of alkyl halides is 3. The van der Waals surface area contributed by atoms with Crippen LogP contribution in [0.3, 0.4) is 0 Å². The van der Waals surface area contributed by atoms with Crippen molar-refractivity contribution in [3.63, 3.8) is 0 Å². The van der Waals surface area contributed by atoms with Gasteiger partial charge in [0.1, 0.15) is 5.75 Å². The summed E-state index contributed by atoms with van der Waals surface area (Å²) in [4.78, 5) is 0. The van der Waals surface area contributed by atoms with E-state index in [4.69, 9.17) is 16.4 Å². The third-order valence-corrected chi connectivity index (χ3v) is 5.32. The van der Waals surface area contributed by atoms with Crippen LogP contribution in [0.15, 0.2) is 53.6 Å². The Balaban J connectivity index is 1.79. The van der Waals surface area contributed by atoms with Gasteiger partial charge in [-0.3, -0.25) is 5.01 Å². The Labute approximate surface area is 179 Å². The topological polar surface area (TPSA) is 101 Å². The van der Waals surface area contributed by atoms with Gasteiger partial charge in [-0.2, -0.15) is 18.3 Å². The predicted molar refractivity (Wildman–Crippen MR) is 114 cm³/mol. The quantitative estimate of drug-likeness (QED) is 0.241. The van der Waals surface area contributed by atoms with E-state index < -0.39 is 12.0 Å². The molecule has 0 bridgehead atoms. The number of amidine groups is 1. The van der Waals surface area contributed by atoms with Crippen molar-refractivity contribution in [2.24, 2.45) is 16.8 Å². The molecule has 1 aliphatic rings. The van der Waals surface area contributed by atoms with Crippen molar-refractivity contribution in [1.82, 2.24) is 10.6 Å². The normalized spacial score (nSPS) is 19.8. The summed E-state index contributed by atoms with van der Waals surface area (Å²) in [5.74, 6) is 9.74. The summed E-state index contributed by atoms with van der Waals surface area (Å²) in [5, 5.41) is 10.3. The number of piperidine rings is 1. The van der Waals surface area contributed by atoms with E-state index in [1.54, 1.807) is 6.07 Å². The van der Waals surface area contributed by atoms with Crippen LogP contribution in [0.2, 0.25) is 0 Å². The number of hydrogen-bond acceptors (Lipinski definition) is 6. The Bertz CT molecular complexity index is 890. The Morgan fingerprint density at radius 3 is 2.65 bits per heavy atom. The van der Waals surface area contributed by atoms with E-state index in [1.807, 2.05) is 18.2 Å². The Kier molecular flexibility index (Phi) is 7.37. The number of rotatable bonds is 6. The highest BCUT2D eigenvalue weighted by molar-refractivity contribution is 6.00. The third kappa shape index (κ3) is 5.46. The first-order valence-corrected chi connectivity index (χ1v) is 9.93. The van der Waals surface area contributed by atoms with E-state index in [9.17, 15) is 13.2 Å². The number of ether oxygens (including phenoxy) is 1. The van der Waals surface area contributed by atoms with Crippen LogP contribution in [0.5, 0.6) is 5.75 Å². The highest BCUT2D eigenvalue weighted by atomic mass is 19.4. The van der Waals surface area contributed by atoms with Crippen molar-refractivity contribution >= 4 is 11.5 Å². The number of anilines is 1. The maximum atomic E-state index is 13.1. The molecule has 31 heavy (non-hydrogen) atoms. The van der Waals surface area contributed by atoms with E-state index in [0.29, 0.717) is 22.9 Å². The van der Waals surface area contributed by atoms with Crippen molar-refractivity contribution in [3.05, 3.63) is 59.7 Å². The zero-order valence-corrected chi connectivity index (χ0v) is 17.2. The van der Waals surface area contributed by atoms with Gasteiger partial charge in [-0.05, 0) is 43.1 Å². The largest absolute Gasteiger partial charge is 0.496 e. The lowest BCUT2D eigenvalue weighted by atomic mass is 9.92. The zero-order valence-electron chi connectivity index (χ0n) is 17.2. The molecule has 2 atom stereocenters. The lowest BCUT2D eigenvalue weighted by Crippen LogP contribution is -2.47. The van der Waals surface area contributed by atoms with Crippen LogP contribution in [0.25, 0.3) is 0 Å². The van der Waals surface area contributed by atoms with Crippen LogP contribution in [-0.4, -0.2) is 31.7 Å². The molecule has 0 aliphatic carbocycles. The van der Waals surface area contributed by atoms with Crippen molar-refractivity contribution < 1.29 is 17.9 Å². The summed E-state index contributed by atoms with van der Waals surface area (Å²) < 4.78 is 44.8. The number of hydrogen-bond donors (Lipinski definition) is 4. The number of hydrazine groups is 1. The molecule has 1 fully saturated rings. The number of hydrazone groups is 1. The van der Waals surface area contributed by atoms with Crippen LogP contribution >= 0.6 is 0 Å². The second-order valence-electron chi connectivity index (χ2n) is 7.29. The minimum atomic E-state index is -4.78. The molecule has 0 radical (unpaired) electrons. The van der Waals surface area contributed by atoms with Gasteiger partial charge < -0.3 is 21.2 Å². The molecular formula is C21H27F3N6O. The van der Waals surface area contributed by atoms with Gasteiger partial charge in [0.25, 0.3) is 0 Å². The first-order chi connectivity index (χ1) is 14.8. The lowest BCUT2D eigenvalue weighted by molar-refractivity contribution is -0.0604. The van der Waals surface area contributed by atoms with Crippen LogP contribution in [0.4, 0.5) is 18.9 Å². The molecule has 0 amide bonds. The lowest BCUT2D eigenvalue weighted by Gasteiger charge is -2.34. The summed E-state index contributed by atoms with van der Waals surface area (Å²) >= 11 is 0. The summed E-state index contributed by atoms with van der Waals surface area (Å²) in [7, 11) is 1.51. The molecule has 168 valence electrons. The number of halogens is 3. The fourth-order valence-corrected chi connectivity index (χ4v) is 3.81. The van der Waals surface area contributed by atoms with Gasteiger partial charge in [-0.1, -0.05) is 30.3 Å². The molecule has 10 heteroatoms. The standard InChI is InChI=1S/C21H27F3N6O/c1-31-18-10-9-16(30(26)20(29-25)21(22,23)24)12-15(18)13-28-17-8-5-11-27-19(17)14-6-3-2-4-7-14/h2-4,6-7,9-10,12,17,19,27-28H,5,8,11,13,25-26H2,1H3/b29-20-/t17-,19-/m0/s1. The van der Waals surface area contributed by atoms with Crippen molar-refractivity contribution in [2.75, 3.05) is 18.7 Å². The Hall–Kier alpha value is -2.82. The van der Waals surface area contributed by atoms with Crippen LogP contribution in [-0.2, 0) is 6.54 Å². The minimum Gasteiger partial charge on any atom is -0.496 e. The van der Waals surface area contributed by atoms with E-state index in [2.05, 4.69) is 27.9 Å². The van der Waals surface area contributed by atoms with Crippen molar-refractivity contribution in [1.29, 1.82) is 0 Å². The van der Waals surface area contributed by atoms with Gasteiger partial charge in [0, 0.05) is 24.2 Å². The van der Waals surface area contributed by atoms with E-state index in [-0.39, 0.29) is 17.8 Å². The minimum absolute atomic E-state index is 0.0977. The molecule has 6 N–H and O–H groups in total.